The maximum Gasteiger partial charge on any atom is 0.138 e. The zero-order valence-corrected chi connectivity index (χ0v) is 15.1. The highest BCUT2D eigenvalue weighted by Gasteiger charge is 2.30. The molecule has 3 heterocycles. The number of imidazole rings is 1. The van der Waals surface area contributed by atoms with Gasteiger partial charge in [-0.05, 0) is 52.4 Å². The van der Waals surface area contributed by atoms with Gasteiger partial charge in [-0.1, -0.05) is 12.1 Å². The van der Waals surface area contributed by atoms with E-state index in [1.165, 1.54) is 54.9 Å². The van der Waals surface area contributed by atoms with Crippen molar-refractivity contribution in [2.24, 2.45) is 0 Å². The minimum Gasteiger partial charge on any atom is -0.361 e. The number of aryl methyl sites for hydroxylation is 4. The van der Waals surface area contributed by atoms with Gasteiger partial charge >= 0.3 is 0 Å². The van der Waals surface area contributed by atoms with Gasteiger partial charge in [-0.2, -0.15) is 0 Å². The highest BCUT2D eigenvalue weighted by molar-refractivity contribution is 5.23. The van der Waals surface area contributed by atoms with E-state index in [2.05, 4.69) is 28.5 Å². The van der Waals surface area contributed by atoms with Crippen molar-refractivity contribution < 1.29 is 4.52 Å². The van der Waals surface area contributed by atoms with E-state index in [0.29, 0.717) is 6.04 Å². The summed E-state index contributed by atoms with van der Waals surface area (Å²) in [6.45, 7) is 9.58. The molecule has 2 aliphatic rings. The average Bonchev–Trinajstić information content (AvgIpc) is 3.25. The lowest BCUT2D eigenvalue weighted by atomic mass is 10.0. The second kappa shape index (κ2) is 6.36. The molecule has 1 unspecified atom stereocenters. The topological polar surface area (TPSA) is 47.1 Å². The minimum atomic E-state index is 0.574. The van der Waals surface area contributed by atoms with Gasteiger partial charge in [0.25, 0.3) is 0 Å². The molecule has 5 nitrogen and oxygen atoms in total. The fraction of sp³-hybridized carbons (Fsp3) is 0.684. The molecule has 1 saturated heterocycles. The lowest BCUT2D eigenvalue weighted by molar-refractivity contribution is 0.310. The Morgan fingerprint density at radius 2 is 2.04 bits per heavy atom. The normalized spacial score (nSPS) is 21.4. The molecule has 2 aromatic rings. The first-order chi connectivity index (χ1) is 11.7. The van der Waals surface area contributed by atoms with Crippen molar-refractivity contribution in [1.82, 2.24) is 19.6 Å². The van der Waals surface area contributed by atoms with E-state index < -0.39 is 0 Å². The van der Waals surface area contributed by atoms with E-state index in [9.17, 15) is 0 Å². The molecule has 0 N–H and O–H groups in total. The van der Waals surface area contributed by atoms with Crippen LogP contribution in [0.1, 0.15) is 66.5 Å². The number of aromatic nitrogens is 3. The standard InChI is InChI=1S/C19H28N4O/c1-4-17-16(13(2)24-21-17)12-22-10-9-15(11-22)23-14(3)20-18-7-5-6-8-19(18)23/h15H,4-12H2,1-3H3. The van der Waals surface area contributed by atoms with Gasteiger partial charge in [0.05, 0.1) is 11.4 Å². The van der Waals surface area contributed by atoms with Crippen LogP contribution in [0.3, 0.4) is 0 Å². The van der Waals surface area contributed by atoms with Crippen molar-refractivity contribution in [2.45, 2.75) is 71.9 Å². The number of hydrogen-bond donors (Lipinski definition) is 0. The minimum absolute atomic E-state index is 0.574. The van der Waals surface area contributed by atoms with Crippen LogP contribution in [0.4, 0.5) is 0 Å². The summed E-state index contributed by atoms with van der Waals surface area (Å²) in [7, 11) is 0. The fourth-order valence-corrected chi connectivity index (χ4v) is 4.49. The Balaban J connectivity index is 1.51. The summed E-state index contributed by atoms with van der Waals surface area (Å²) in [5.41, 5.74) is 5.29. The molecule has 4 rings (SSSR count). The van der Waals surface area contributed by atoms with Crippen LogP contribution in [-0.4, -0.2) is 32.7 Å². The number of nitrogens with zero attached hydrogens (tertiary/aromatic N) is 4. The zero-order valence-electron chi connectivity index (χ0n) is 15.1. The molecule has 2 aromatic heterocycles. The highest BCUT2D eigenvalue weighted by atomic mass is 16.5. The Morgan fingerprint density at radius 1 is 1.21 bits per heavy atom. The summed E-state index contributed by atoms with van der Waals surface area (Å²) < 4.78 is 7.95. The van der Waals surface area contributed by atoms with Crippen LogP contribution in [0.15, 0.2) is 4.52 Å². The number of fused-ring (bicyclic) bond motifs is 1. The molecule has 1 aliphatic heterocycles. The Bertz CT molecular complexity index is 730. The Hall–Kier alpha value is -1.62. The third kappa shape index (κ3) is 2.69. The van der Waals surface area contributed by atoms with Crippen LogP contribution in [0.25, 0.3) is 0 Å². The summed E-state index contributed by atoms with van der Waals surface area (Å²) in [6, 6.07) is 0.574. The molecule has 0 amide bonds. The van der Waals surface area contributed by atoms with E-state index in [1.54, 1.807) is 0 Å². The largest absolute Gasteiger partial charge is 0.361 e. The smallest absolute Gasteiger partial charge is 0.138 e. The maximum atomic E-state index is 5.40. The van der Waals surface area contributed by atoms with Crippen LogP contribution in [0, 0.1) is 13.8 Å². The third-order valence-electron chi connectivity index (χ3n) is 5.74. The second-order valence-electron chi connectivity index (χ2n) is 7.32. The molecule has 0 saturated carbocycles. The summed E-state index contributed by atoms with van der Waals surface area (Å²) in [5.74, 6) is 2.19. The monoisotopic (exact) mass is 328 g/mol. The molecule has 1 fully saturated rings. The van der Waals surface area contributed by atoms with Crippen LogP contribution in [0.5, 0.6) is 0 Å². The molecular formula is C19H28N4O. The van der Waals surface area contributed by atoms with E-state index in [1.807, 2.05) is 6.92 Å². The zero-order chi connectivity index (χ0) is 16.7. The van der Waals surface area contributed by atoms with Gasteiger partial charge in [-0.15, -0.1) is 0 Å². The molecule has 0 aromatic carbocycles. The Kier molecular flexibility index (Phi) is 4.21. The predicted octanol–water partition coefficient (Wildman–Crippen LogP) is 3.38. The van der Waals surface area contributed by atoms with Gasteiger partial charge in [0.1, 0.15) is 11.6 Å². The van der Waals surface area contributed by atoms with Crippen molar-refractivity contribution >= 4 is 0 Å². The first-order valence-electron chi connectivity index (χ1n) is 9.40. The molecule has 5 heteroatoms. The van der Waals surface area contributed by atoms with E-state index in [4.69, 9.17) is 9.51 Å². The summed E-state index contributed by atoms with van der Waals surface area (Å²) >= 11 is 0. The van der Waals surface area contributed by atoms with Gasteiger partial charge in [0, 0.05) is 36.9 Å². The van der Waals surface area contributed by atoms with Crippen molar-refractivity contribution in [1.29, 1.82) is 0 Å². The van der Waals surface area contributed by atoms with Crippen LogP contribution in [-0.2, 0) is 25.8 Å². The van der Waals surface area contributed by atoms with Crippen molar-refractivity contribution in [3.05, 3.63) is 34.2 Å². The molecule has 24 heavy (non-hydrogen) atoms. The van der Waals surface area contributed by atoms with Gasteiger partial charge in [0.2, 0.25) is 0 Å². The predicted molar refractivity (Wildman–Crippen MR) is 93.2 cm³/mol. The van der Waals surface area contributed by atoms with Crippen LogP contribution < -0.4 is 0 Å². The van der Waals surface area contributed by atoms with Crippen LogP contribution >= 0.6 is 0 Å². The molecular weight excluding hydrogens is 300 g/mol. The van der Waals surface area contributed by atoms with Gasteiger partial charge in [0.15, 0.2) is 0 Å². The van der Waals surface area contributed by atoms with Gasteiger partial charge in [-0.3, -0.25) is 4.90 Å². The van der Waals surface area contributed by atoms with Gasteiger partial charge in [-0.25, -0.2) is 4.98 Å². The van der Waals surface area contributed by atoms with E-state index in [0.717, 1.165) is 37.5 Å². The molecule has 0 bridgehead atoms. The number of likely N-dealkylation sites (tertiary alicyclic amines) is 1. The highest BCUT2D eigenvalue weighted by Crippen LogP contribution is 2.31. The number of rotatable bonds is 4. The maximum absolute atomic E-state index is 5.40. The second-order valence-corrected chi connectivity index (χ2v) is 7.32. The molecule has 130 valence electrons. The molecule has 0 spiro atoms. The van der Waals surface area contributed by atoms with Crippen LogP contribution in [0.2, 0.25) is 0 Å². The fourth-order valence-electron chi connectivity index (χ4n) is 4.49. The van der Waals surface area contributed by atoms with E-state index >= 15 is 0 Å². The molecule has 1 aliphatic carbocycles. The summed E-state index contributed by atoms with van der Waals surface area (Å²) in [6.07, 6.45) is 7.14. The van der Waals surface area contributed by atoms with Gasteiger partial charge < -0.3 is 9.09 Å². The van der Waals surface area contributed by atoms with Crippen molar-refractivity contribution in [2.75, 3.05) is 13.1 Å². The average molecular weight is 328 g/mol. The van der Waals surface area contributed by atoms with E-state index in [-0.39, 0.29) is 0 Å². The third-order valence-corrected chi connectivity index (χ3v) is 5.74. The Morgan fingerprint density at radius 3 is 2.88 bits per heavy atom. The summed E-state index contributed by atoms with van der Waals surface area (Å²) in [5, 5.41) is 4.20. The first kappa shape index (κ1) is 15.9. The molecule has 1 atom stereocenters. The number of hydrogen-bond acceptors (Lipinski definition) is 4. The lowest BCUT2D eigenvalue weighted by Crippen LogP contribution is -2.23. The van der Waals surface area contributed by atoms with Crippen molar-refractivity contribution in [3.8, 4) is 0 Å². The quantitative estimate of drug-likeness (QED) is 0.863. The summed E-state index contributed by atoms with van der Waals surface area (Å²) in [4.78, 5) is 7.41. The Labute approximate surface area is 144 Å². The SMILES string of the molecule is CCc1noc(C)c1CN1CCC(n2c(C)nc3c2CCCC3)C1. The lowest BCUT2D eigenvalue weighted by Gasteiger charge is -2.21. The first-order valence-corrected chi connectivity index (χ1v) is 9.40. The van der Waals surface area contributed by atoms with Crippen molar-refractivity contribution in [3.63, 3.8) is 0 Å². The molecule has 0 radical (unpaired) electrons.